The number of hydrogen-bond acceptors (Lipinski definition) is 7. The number of nitrogens with zero attached hydrogens (tertiary/aromatic N) is 1. The second kappa shape index (κ2) is 10.2. The Hall–Kier alpha value is -3.27. The van der Waals surface area contributed by atoms with Gasteiger partial charge in [0.1, 0.15) is 19.3 Å². The minimum absolute atomic E-state index is 0.0588. The van der Waals surface area contributed by atoms with Crippen molar-refractivity contribution in [1.82, 2.24) is 10.4 Å². The standard InChI is InChI=1S/C21H24N2O8/c24-17(12-31-23-19(27)14-8-4-5-9-15(14)20(23)28)16(10-18(25)26)22-21(29)30-11-13-6-2-1-3-7-13/h1-3,6-7,14-16H,4-5,8-12H2,(H,22,29)(H,25,26). The van der Waals surface area contributed by atoms with E-state index in [0.717, 1.165) is 18.4 Å². The van der Waals surface area contributed by atoms with Crippen LogP contribution < -0.4 is 5.32 Å². The number of nitrogens with one attached hydrogen (secondary N) is 1. The number of rotatable bonds is 9. The third-order valence-electron chi connectivity index (χ3n) is 5.41. The fourth-order valence-corrected chi connectivity index (χ4v) is 3.81. The molecule has 1 heterocycles. The quantitative estimate of drug-likeness (QED) is 0.559. The molecule has 0 radical (unpaired) electrons. The van der Waals surface area contributed by atoms with Crippen LogP contribution >= 0.6 is 0 Å². The van der Waals surface area contributed by atoms with Crippen LogP contribution in [-0.2, 0) is 35.4 Å². The number of ketones is 1. The number of aliphatic carboxylic acids is 1. The number of carbonyl (C=O) groups excluding carboxylic acids is 4. The summed E-state index contributed by atoms with van der Waals surface area (Å²) in [6, 6.07) is 7.38. The monoisotopic (exact) mass is 432 g/mol. The molecule has 3 unspecified atom stereocenters. The van der Waals surface area contributed by atoms with Crippen molar-refractivity contribution in [3.05, 3.63) is 35.9 Å². The maximum absolute atomic E-state index is 12.5. The zero-order valence-corrected chi connectivity index (χ0v) is 16.8. The average molecular weight is 432 g/mol. The normalized spacial score (nSPS) is 21.4. The van der Waals surface area contributed by atoms with Gasteiger partial charge in [0.15, 0.2) is 5.78 Å². The van der Waals surface area contributed by atoms with Crippen molar-refractivity contribution in [2.45, 2.75) is 44.8 Å². The van der Waals surface area contributed by atoms with Crippen molar-refractivity contribution in [2.24, 2.45) is 11.8 Å². The molecule has 2 fully saturated rings. The van der Waals surface area contributed by atoms with Crippen LogP contribution in [0.25, 0.3) is 0 Å². The second-order valence-corrected chi connectivity index (χ2v) is 7.56. The minimum atomic E-state index is -1.43. The van der Waals surface area contributed by atoms with E-state index < -0.39 is 60.6 Å². The molecule has 1 aliphatic carbocycles. The lowest BCUT2D eigenvalue weighted by Crippen LogP contribution is -2.45. The Balaban J connectivity index is 1.54. The van der Waals surface area contributed by atoms with E-state index in [2.05, 4.69) is 5.32 Å². The number of hydroxylamine groups is 2. The molecule has 1 saturated heterocycles. The second-order valence-electron chi connectivity index (χ2n) is 7.56. The van der Waals surface area contributed by atoms with Crippen LogP contribution in [0.15, 0.2) is 30.3 Å². The fourth-order valence-electron chi connectivity index (χ4n) is 3.81. The summed E-state index contributed by atoms with van der Waals surface area (Å²) in [6.45, 7) is -0.787. The number of alkyl carbamates (subject to hydrolysis) is 1. The molecule has 10 nitrogen and oxygen atoms in total. The average Bonchev–Trinajstić information content (AvgIpc) is 3.00. The summed E-state index contributed by atoms with van der Waals surface area (Å²) in [7, 11) is 0. The Kier molecular flexibility index (Phi) is 7.35. The maximum atomic E-state index is 12.5. The predicted octanol–water partition coefficient (Wildman–Crippen LogP) is 1.43. The molecule has 0 bridgehead atoms. The van der Waals surface area contributed by atoms with Gasteiger partial charge in [-0.05, 0) is 18.4 Å². The van der Waals surface area contributed by atoms with Crippen molar-refractivity contribution in [2.75, 3.05) is 6.61 Å². The van der Waals surface area contributed by atoms with Crippen LogP contribution in [0.3, 0.4) is 0 Å². The van der Waals surface area contributed by atoms with Crippen molar-refractivity contribution in [3.8, 4) is 0 Å². The number of imide groups is 1. The third-order valence-corrected chi connectivity index (χ3v) is 5.41. The third kappa shape index (κ3) is 5.66. The zero-order chi connectivity index (χ0) is 22.4. The molecule has 2 aliphatic rings. The van der Waals surface area contributed by atoms with Gasteiger partial charge in [-0.2, -0.15) is 5.06 Å². The van der Waals surface area contributed by atoms with E-state index in [1.54, 1.807) is 30.3 Å². The summed E-state index contributed by atoms with van der Waals surface area (Å²) in [6.07, 6.45) is 1.22. The first-order chi connectivity index (χ1) is 14.9. The van der Waals surface area contributed by atoms with Gasteiger partial charge < -0.3 is 15.2 Å². The molecule has 10 heteroatoms. The summed E-state index contributed by atoms with van der Waals surface area (Å²) in [5.41, 5.74) is 0.717. The van der Waals surface area contributed by atoms with E-state index in [1.165, 1.54) is 0 Å². The van der Waals surface area contributed by atoms with Gasteiger partial charge in [0.2, 0.25) is 0 Å². The van der Waals surface area contributed by atoms with E-state index >= 15 is 0 Å². The van der Waals surface area contributed by atoms with Gasteiger partial charge in [0.25, 0.3) is 11.8 Å². The zero-order valence-electron chi connectivity index (χ0n) is 16.8. The number of amides is 3. The SMILES string of the molecule is O=C(O)CC(NC(=O)OCc1ccccc1)C(=O)CON1C(=O)C2CCCCC2C1=O. The first kappa shape index (κ1) is 22.4. The molecule has 1 aromatic rings. The number of carboxylic acid groups (broad SMARTS) is 1. The number of carbonyl (C=O) groups is 5. The first-order valence-corrected chi connectivity index (χ1v) is 10.1. The van der Waals surface area contributed by atoms with E-state index in [9.17, 15) is 24.0 Å². The molecular weight excluding hydrogens is 408 g/mol. The van der Waals surface area contributed by atoms with Crippen molar-refractivity contribution >= 4 is 29.7 Å². The number of ether oxygens (including phenoxy) is 1. The summed E-state index contributed by atoms with van der Waals surface area (Å²) in [5.74, 6) is -3.94. The van der Waals surface area contributed by atoms with Gasteiger partial charge >= 0.3 is 12.1 Å². The number of carboxylic acids is 1. The highest BCUT2D eigenvalue weighted by Crippen LogP contribution is 2.38. The molecule has 166 valence electrons. The van der Waals surface area contributed by atoms with E-state index in [4.69, 9.17) is 14.7 Å². The van der Waals surface area contributed by atoms with Crippen LogP contribution in [-0.4, -0.2) is 52.5 Å². The highest BCUT2D eigenvalue weighted by atomic mass is 16.7. The molecule has 31 heavy (non-hydrogen) atoms. The van der Waals surface area contributed by atoms with E-state index in [-0.39, 0.29) is 6.61 Å². The van der Waals surface area contributed by atoms with Gasteiger partial charge in [0.05, 0.1) is 18.3 Å². The number of benzene rings is 1. The van der Waals surface area contributed by atoms with E-state index in [0.29, 0.717) is 17.9 Å². The Morgan fingerprint density at radius 2 is 1.68 bits per heavy atom. The van der Waals surface area contributed by atoms with Gasteiger partial charge in [-0.3, -0.25) is 24.0 Å². The number of hydrogen-bond donors (Lipinski definition) is 2. The maximum Gasteiger partial charge on any atom is 0.408 e. The molecule has 0 aromatic heterocycles. The lowest BCUT2D eigenvalue weighted by molar-refractivity contribution is -0.190. The highest BCUT2D eigenvalue weighted by molar-refractivity contribution is 6.04. The van der Waals surface area contributed by atoms with Crippen LogP contribution in [0.2, 0.25) is 0 Å². The molecule has 1 aromatic carbocycles. The Morgan fingerprint density at radius 3 is 2.26 bits per heavy atom. The van der Waals surface area contributed by atoms with Gasteiger partial charge in [0, 0.05) is 0 Å². The molecule has 1 aliphatic heterocycles. The molecule has 3 atom stereocenters. The van der Waals surface area contributed by atoms with Crippen molar-refractivity contribution in [1.29, 1.82) is 0 Å². The molecule has 2 N–H and O–H groups in total. The first-order valence-electron chi connectivity index (χ1n) is 10.1. The highest BCUT2D eigenvalue weighted by Gasteiger charge is 2.49. The summed E-state index contributed by atoms with van der Waals surface area (Å²) in [4.78, 5) is 65.5. The van der Waals surface area contributed by atoms with Crippen molar-refractivity contribution < 1.29 is 38.7 Å². The number of fused-ring (bicyclic) bond motifs is 1. The van der Waals surface area contributed by atoms with Crippen LogP contribution in [0.4, 0.5) is 4.79 Å². The lowest BCUT2D eigenvalue weighted by Gasteiger charge is -2.19. The summed E-state index contributed by atoms with van der Waals surface area (Å²) < 4.78 is 5.01. The van der Waals surface area contributed by atoms with Crippen LogP contribution in [0, 0.1) is 11.8 Å². The summed E-state index contributed by atoms with van der Waals surface area (Å²) in [5, 5.41) is 11.9. The van der Waals surface area contributed by atoms with Gasteiger partial charge in [-0.1, -0.05) is 43.2 Å². The van der Waals surface area contributed by atoms with Gasteiger partial charge in [-0.25, -0.2) is 4.79 Å². The van der Waals surface area contributed by atoms with Crippen molar-refractivity contribution in [3.63, 3.8) is 0 Å². The molecule has 3 amide bonds. The smallest absolute Gasteiger partial charge is 0.408 e. The molecular formula is C21H24N2O8. The Bertz CT molecular complexity index is 832. The predicted molar refractivity (Wildman–Crippen MR) is 104 cm³/mol. The topological polar surface area (TPSA) is 139 Å². The lowest BCUT2D eigenvalue weighted by atomic mass is 9.81. The largest absolute Gasteiger partial charge is 0.481 e. The number of Topliss-reactive ketones (excluding diaryl/α,β-unsaturated/α-hetero) is 1. The molecule has 1 saturated carbocycles. The van der Waals surface area contributed by atoms with Crippen LogP contribution in [0.5, 0.6) is 0 Å². The molecule has 0 spiro atoms. The minimum Gasteiger partial charge on any atom is -0.481 e. The Labute approximate surface area is 178 Å². The van der Waals surface area contributed by atoms with E-state index in [1.807, 2.05) is 0 Å². The summed E-state index contributed by atoms with van der Waals surface area (Å²) >= 11 is 0. The van der Waals surface area contributed by atoms with Gasteiger partial charge in [-0.15, -0.1) is 0 Å². The Morgan fingerprint density at radius 1 is 1.06 bits per heavy atom. The fraction of sp³-hybridized carbons (Fsp3) is 0.476. The molecule has 3 rings (SSSR count). The van der Waals surface area contributed by atoms with Crippen LogP contribution in [0.1, 0.15) is 37.7 Å².